The van der Waals surface area contributed by atoms with Gasteiger partial charge in [0.1, 0.15) is 17.5 Å². The summed E-state index contributed by atoms with van der Waals surface area (Å²) in [4.78, 5) is 24.3. The minimum Gasteiger partial charge on any atom is -0.481 e. The van der Waals surface area contributed by atoms with E-state index in [2.05, 4.69) is 16.5 Å². The Morgan fingerprint density at radius 1 is 1.05 bits per heavy atom. The van der Waals surface area contributed by atoms with Gasteiger partial charge in [0.2, 0.25) is 0 Å². The van der Waals surface area contributed by atoms with E-state index < -0.39 is 23.6 Å². The van der Waals surface area contributed by atoms with Crippen molar-refractivity contribution < 1.29 is 24.0 Å². The summed E-state index contributed by atoms with van der Waals surface area (Å²) in [7, 11) is 0. The van der Waals surface area contributed by atoms with Crippen molar-refractivity contribution in [2.45, 2.75) is 38.2 Å². The molecule has 1 unspecified atom stereocenters. The first kappa shape index (κ1) is 24.8. The van der Waals surface area contributed by atoms with Crippen LogP contribution in [0.15, 0.2) is 77.3 Å². The molecule has 38 heavy (non-hydrogen) atoms. The van der Waals surface area contributed by atoms with Crippen LogP contribution < -0.4 is 5.32 Å². The van der Waals surface area contributed by atoms with Gasteiger partial charge in [-0.3, -0.25) is 10.1 Å². The predicted molar refractivity (Wildman–Crippen MR) is 140 cm³/mol. The van der Waals surface area contributed by atoms with Crippen LogP contribution in [0, 0.1) is 18.3 Å². The van der Waals surface area contributed by atoms with Crippen LogP contribution in [0.5, 0.6) is 0 Å². The lowest BCUT2D eigenvalue weighted by Crippen LogP contribution is -2.19. The highest BCUT2D eigenvalue weighted by Gasteiger charge is 2.51. The number of hydrogen-bond donors (Lipinski definition) is 2. The minimum atomic E-state index is -0.770. The van der Waals surface area contributed by atoms with Gasteiger partial charge in [0.25, 0.3) is 0 Å². The molecule has 1 amide bonds. The van der Waals surface area contributed by atoms with Gasteiger partial charge in [0.15, 0.2) is 5.76 Å². The van der Waals surface area contributed by atoms with E-state index in [1.165, 1.54) is 0 Å². The predicted octanol–water partition coefficient (Wildman–Crippen LogP) is 6.61. The number of carbonyl (C=O) groups excluding carboxylic acids is 1. The number of nitrogens with zero attached hydrogens (tertiary/aromatic N) is 2. The molecule has 1 aromatic heterocycles. The van der Waals surface area contributed by atoms with Gasteiger partial charge < -0.3 is 14.4 Å². The lowest BCUT2D eigenvalue weighted by atomic mass is 9.93. The number of carboxylic acid groups (broad SMARTS) is 1. The Hall–Kier alpha value is -4.90. The quantitative estimate of drug-likeness (QED) is 0.288. The van der Waals surface area contributed by atoms with Gasteiger partial charge in [-0.2, -0.15) is 5.26 Å². The Morgan fingerprint density at radius 2 is 1.68 bits per heavy atom. The van der Waals surface area contributed by atoms with Crippen molar-refractivity contribution in [1.29, 1.82) is 5.26 Å². The number of hydrogen-bond acceptors (Lipinski definition) is 6. The van der Waals surface area contributed by atoms with Crippen LogP contribution in [0.3, 0.4) is 0 Å². The van der Waals surface area contributed by atoms with Crippen molar-refractivity contribution in [3.63, 3.8) is 0 Å². The number of carbonyl (C=O) groups is 2. The molecule has 1 aliphatic carbocycles. The molecule has 1 atom stereocenters. The smallest absolute Gasteiger partial charge is 0.412 e. The third-order valence-electron chi connectivity index (χ3n) is 6.95. The number of anilines is 1. The number of rotatable bonds is 7. The molecule has 2 N–H and O–H groups in total. The van der Waals surface area contributed by atoms with Gasteiger partial charge in [0, 0.05) is 5.56 Å². The van der Waals surface area contributed by atoms with E-state index in [9.17, 15) is 14.7 Å². The normalized spacial score (nSPS) is 14.2. The molecule has 0 saturated heterocycles. The highest BCUT2D eigenvalue weighted by Crippen LogP contribution is 2.48. The zero-order valence-corrected chi connectivity index (χ0v) is 20.9. The number of nitrogens with one attached hydrogen (secondary N) is 1. The van der Waals surface area contributed by atoms with Crippen molar-refractivity contribution in [1.82, 2.24) is 5.16 Å². The Bertz CT molecular complexity index is 1540. The highest BCUT2D eigenvalue weighted by atomic mass is 16.6. The molecule has 1 saturated carbocycles. The Labute approximate surface area is 219 Å². The molecule has 190 valence electrons. The number of aromatic nitrogens is 1. The molecular weight excluding hydrogens is 482 g/mol. The summed E-state index contributed by atoms with van der Waals surface area (Å²) in [6.07, 6.45) is 0.108. The second kappa shape index (κ2) is 9.87. The van der Waals surface area contributed by atoms with Crippen LogP contribution in [0.4, 0.5) is 10.5 Å². The van der Waals surface area contributed by atoms with Gasteiger partial charge in [-0.05, 0) is 61.1 Å². The fourth-order valence-electron chi connectivity index (χ4n) is 4.49. The van der Waals surface area contributed by atoms with Gasteiger partial charge >= 0.3 is 12.1 Å². The topological polar surface area (TPSA) is 125 Å². The first-order valence-electron chi connectivity index (χ1n) is 12.2. The Morgan fingerprint density at radius 3 is 2.29 bits per heavy atom. The molecule has 0 radical (unpaired) electrons. The molecule has 8 heteroatoms. The number of ether oxygens (including phenoxy) is 1. The summed E-state index contributed by atoms with van der Waals surface area (Å²) < 4.78 is 10.9. The average molecular weight is 508 g/mol. The molecule has 0 spiro atoms. The van der Waals surface area contributed by atoms with Crippen LogP contribution >= 0.6 is 0 Å². The Kier molecular flexibility index (Phi) is 6.43. The Balaban J connectivity index is 1.29. The maximum atomic E-state index is 12.7. The van der Waals surface area contributed by atoms with Crippen molar-refractivity contribution in [3.05, 3.63) is 95.2 Å². The molecule has 8 nitrogen and oxygen atoms in total. The van der Waals surface area contributed by atoms with E-state index >= 15 is 0 Å². The lowest BCUT2D eigenvalue weighted by molar-refractivity contribution is -0.140. The van der Waals surface area contributed by atoms with Crippen LogP contribution in [-0.2, 0) is 14.9 Å². The van der Waals surface area contributed by atoms with Crippen molar-refractivity contribution in [3.8, 4) is 28.5 Å². The molecule has 4 aromatic rings. The number of nitriles is 1. The van der Waals surface area contributed by atoms with E-state index in [4.69, 9.17) is 14.5 Å². The van der Waals surface area contributed by atoms with Crippen LogP contribution in [-0.4, -0.2) is 22.3 Å². The number of benzene rings is 3. The molecule has 5 rings (SSSR count). The summed E-state index contributed by atoms with van der Waals surface area (Å²) >= 11 is 0. The van der Waals surface area contributed by atoms with E-state index in [1.54, 1.807) is 38.1 Å². The number of aliphatic carboxylic acids is 1. The lowest BCUT2D eigenvalue weighted by Gasteiger charge is -2.14. The molecule has 1 aliphatic rings. The fourth-order valence-corrected chi connectivity index (χ4v) is 4.49. The summed E-state index contributed by atoms with van der Waals surface area (Å²) in [6, 6.07) is 24.2. The highest BCUT2D eigenvalue weighted by molar-refractivity contribution is 5.91. The molecule has 3 aromatic carbocycles. The zero-order valence-electron chi connectivity index (χ0n) is 20.9. The first-order chi connectivity index (χ1) is 18.3. The monoisotopic (exact) mass is 507 g/mol. The second-order valence-corrected chi connectivity index (χ2v) is 9.41. The van der Waals surface area contributed by atoms with Crippen molar-refractivity contribution in [2.75, 3.05) is 5.32 Å². The van der Waals surface area contributed by atoms with E-state index in [1.807, 2.05) is 48.5 Å². The zero-order chi connectivity index (χ0) is 26.9. The molecular formula is C30H25N3O5. The molecule has 0 aliphatic heterocycles. The summed E-state index contributed by atoms with van der Waals surface area (Å²) in [6.45, 7) is 3.43. The SMILES string of the molecule is Cc1onc(-c2ccc(-c3ccc(C4(C(=O)O)CC4)cc3)cc2)c1NC(=O)OC(C)c1cccc(C#N)c1. The van der Waals surface area contributed by atoms with Crippen molar-refractivity contribution >= 4 is 17.7 Å². The van der Waals surface area contributed by atoms with E-state index in [-0.39, 0.29) is 0 Å². The number of carboxylic acids is 1. The van der Waals surface area contributed by atoms with E-state index in [0.29, 0.717) is 41.1 Å². The summed E-state index contributed by atoms with van der Waals surface area (Å²) in [5.74, 6) is -0.336. The van der Waals surface area contributed by atoms with Crippen LogP contribution in [0.2, 0.25) is 0 Å². The largest absolute Gasteiger partial charge is 0.481 e. The second-order valence-electron chi connectivity index (χ2n) is 9.41. The average Bonchev–Trinajstić information content (AvgIpc) is 3.68. The van der Waals surface area contributed by atoms with Crippen LogP contribution in [0.25, 0.3) is 22.4 Å². The summed E-state index contributed by atoms with van der Waals surface area (Å²) in [5.41, 5.74) is 4.86. The standard InChI is InChI=1S/C30H25N3O5/c1-18(24-5-3-4-20(16-24)17-31)37-29(36)32-26-19(2)38-33-27(26)23-8-6-21(7-9-23)22-10-12-25(13-11-22)30(14-15-30)28(34)35/h3-13,16,18H,14-15H2,1-2H3,(H,32,36)(H,34,35). The van der Waals surface area contributed by atoms with Gasteiger partial charge in [-0.25, -0.2) is 4.79 Å². The van der Waals surface area contributed by atoms with Crippen molar-refractivity contribution in [2.24, 2.45) is 0 Å². The van der Waals surface area contributed by atoms with E-state index in [0.717, 1.165) is 22.3 Å². The number of amides is 1. The first-order valence-corrected chi connectivity index (χ1v) is 12.2. The van der Waals surface area contributed by atoms with Gasteiger partial charge in [0.05, 0.1) is 17.0 Å². The maximum Gasteiger partial charge on any atom is 0.412 e. The van der Waals surface area contributed by atoms with Crippen LogP contribution in [0.1, 0.15) is 48.3 Å². The molecule has 1 fully saturated rings. The molecule has 0 bridgehead atoms. The molecule has 1 heterocycles. The van der Waals surface area contributed by atoms with Gasteiger partial charge in [-0.15, -0.1) is 0 Å². The third kappa shape index (κ3) is 4.74. The number of aryl methyl sites for hydroxylation is 1. The summed E-state index contributed by atoms with van der Waals surface area (Å²) in [5, 5.41) is 25.5. The third-order valence-corrected chi connectivity index (χ3v) is 6.95. The maximum absolute atomic E-state index is 12.7. The minimum absolute atomic E-state index is 0.411. The van der Waals surface area contributed by atoms with Gasteiger partial charge in [-0.1, -0.05) is 65.8 Å². The fraction of sp³-hybridized carbons (Fsp3) is 0.200.